The van der Waals surface area contributed by atoms with Gasteiger partial charge in [-0.3, -0.25) is 9.48 Å². The van der Waals surface area contributed by atoms with E-state index in [9.17, 15) is 4.79 Å². The smallest absolute Gasteiger partial charge is 0.254 e. The van der Waals surface area contributed by atoms with Gasteiger partial charge in [-0.25, -0.2) is 4.98 Å². The van der Waals surface area contributed by atoms with Crippen LogP contribution in [0, 0.1) is 18.8 Å². The van der Waals surface area contributed by atoms with Gasteiger partial charge >= 0.3 is 0 Å². The van der Waals surface area contributed by atoms with E-state index in [1.807, 2.05) is 55.3 Å². The molecule has 1 aliphatic rings. The second-order valence-electron chi connectivity index (χ2n) is 7.98. The van der Waals surface area contributed by atoms with Crippen molar-refractivity contribution in [1.82, 2.24) is 19.7 Å². The van der Waals surface area contributed by atoms with Crippen LogP contribution >= 0.6 is 0 Å². The van der Waals surface area contributed by atoms with Crippen molar-refractivity contribution in [2.75, 3.05) is 13.1 Å². The molecule has 0 unspecified atom stereocenters. The zero-order valence-electron chi connectivity index (χ0n) is 16.4. The quantitative estimate of drug-likeness (QED) is 0.691. The van der Waals surface area contributed by atoms with E-state index in [0.29, 0.717) is 17.4 Å². The summed E-state index contributed by atoms with van der Waals surface area (Å²) in [5.74, 6) is 1.14. The van der Waals surface area contributed by atoms with Crippen molar-refractivity contribution in [3.8, 4) is 11.3 Å². The van der Waals surface area contributed by atoms with Crippen LogP contribution in [0.25, 0.3) is 22.3 Å². The first kappa shape index (κ1) is 17.7. The fourth-order valence-electron chi connectivity index (χ4n) is 4.37. The predicted octanol–water partition coefficient (Wildman–Crippen LogP) is 4.06. The van der Waals surface area contributed by atoms with E-state index in [1.54, 1.807) is 4.68 Å². The van der Waals surface area contributed by atoms with Gasteiger partial charge in [0.25, 0.3) is 5.91 Å². The Morgan fingerprint density at radius 1 is 1.11 bits per heavy atom. The molecule has 5 nitrogen and oxygen atoms in total. The zero-order chi connectivity index (χ0) is 19.1. The van der Waals surface area contributed by atoms with Crippen molar-refractivity contribution in [3.63, 3.8) is 0 Å². The lowest BCUT2D eigenvalue weighted by Gasteiger charge is -2.35. The Morgan fingerprint density at radius 3 is 2.44 bits per heavy atom. The molecule has 4 rings (SSSR count). The van der Waals surface area contributed by atoms with Crippen molar-refractivity contribution in [3.05, 3.63) is 47.7 Å². The van der Waals surface area contributed by atoms with Crippen LogP contribution in [0.3, 0.4) is 0 Å². The summed E-state index contributed by atoms with van der Waals surface area (Å²) in [5, 5.41) is 5.40. The Morgan fingerprint density at radius 2 is 1.78 bits per heavy atom. The van der Waals surface area contributed by atoms with Crippen LogP contribution in [0.5, 0.6) is 0 Å². The summed E-state index contributed by atoms with van der Waals surface area (Å²) in [6.45, 7) is 8.02. The third kappa shape index (κ3) is 3.22. The number of rotatable bonds is 2. The van der Waals surface area contributed by atoms with Gasteiger partial charge in [0.15, 0.2) is 5.65 Å². The molecule has 140 valence electrons. The van der Waals surface area contributed by atoms with Crippen molar-refractivity contribution >= 4 is 16.9 Å². The summed E-state index contributed by atoms with van der Waals surface area (Å²) < 4.78 is 1.77. The lowest BCUT2D eigenvalue weighted by atomic mass is 9.91. The number of hydrogen-bond acceptors (Lipinski definition) is 3. The molecule has 1 saturated heterocycles. The third-order valence-corrected chi connectivity index (χ3v) is 5.42. The van der Waals surface area contributed by atoms with Gasteiger partial charge in [-0.2, -0.15) is 5.10 Å². The predicted molar refractivity (Wildman–Crippen MR) is 108 cm³/mol. The van der Waals surface area contributed by atoms with Gasteiger partial charge in [0.1, 0.15) is 0 Å². The summed E-state index contributed by atoms with van der Waals surface area (Å²) >= 11 is 0. The van der Waals surface area contributed by atoms with E-state index in [1.165, 1.54) is 6.42 Å². The number of pyridine rings is 1. The maximum atomic E-state index is 13.5. The average molecular weight is 362 g/mol. The number of aryl methyl sites for hydroxylation is 2. The number of carbonyl (C=O) groups is 1. The highest BCUT2D eigenvalue weighted by atomic mass is 16.2. The van der Waals surface area contributed by atoms with Crippen molar-refractivity contribution in [1.29, 1.82) is 0 Å². The molecule has 3 aromatic rings. The van der Waals surface area contributed by atoms with Crippen LogP contribution in [-0.4, -0.2) is 38.7 Å². The Balaban J connectivity index is 1.87. The van der Waals surface area contributed by atoms with Crippen LogP contribution in [0.2, 0.25) is 0 Å². The summed E-state index contributed by atoms with van der Waals surface area (Å²) in [6, 6.07) is 12.0. The second kappa shape index (κ2) is 6.80. The molecule has 0 bridgehead atoms. The van der Waals surface area contributed by atoms with Gasteiger partial charge in [0.05, 0.1) is 22.3 Å². The summed E-state index contributed by atoms with van der Waals surface area (Å²) in [5.41, 5.74) is 4.14. The zero-order valence-corrected chi connectivity index (χ0v) is 16.4. The van der Waals surface area contributed by atoms with Gasteiger partial charge < -0.3 is 4.90 Å². The summed E-state index contributed by atoms with van der Waals surface area (Å²) in [4.78, 5) is 20.3. The van der Waals surface area contributed by atoms with E-state index in [0.717, 1.165) is 41.1 Å². The number of fused-ring (bicyclic) bond motifs is 1. The molecule has 0 radical (unpaired) electrons. The first-order valence-electron chi connectivity index (χ1n) is 9.63. The topological polar surface area (TPSA) is 51.0 Å². The van der Waals surface area contributed by atoms with E-state index >= 15 is 0 Å². The highest BCUT2D eigenvalue weighted by Gasteiger charge is 2.28. The SMILES string of the molecule is Cc1nn(C)c2nc(-c3ccccc3)cc(C(=O)N3C[C@H](C)C[C@H](C)C3)c12. The molecule has 5 heteroatoms. The molecule has 0 N–H and O–H groups in total. The number of amides is 1. The molecular weight excluding hydrogens is 336 g/mol. The third-order valence-electron chi connectivity index (χ3n) is 5.42. The Kier molecular flexibility index (Phi) is 4.46. The lowest BCUT2D eigenvalue weighted by Crippen LogP contribution is -2.42. The fraction of sp³-hybridized carbons (Fsp3) is 0.409. The molecule has 2 atom stereocenters. The normalized spacial score (nSPS) is 20.2. The van der Waals surface area contributed by atoms with Crippen LogP contribution in [0.1, 0.15) is 36.3 Å². The number of carbonyl (C=O) groups excluding carboxylic acids is 1. The average Bonchev–Trinajstić information content (AvgIpc) is 2.94. The number of benzene rings is 1. The van der Waals surface area contributed by atoms with E-state index < -0.39 is 0 Å². The Labute approximate surface area is 160 Å². The van der Waals surface area contributed by atoms with Crippen molar-refractivity contribution in [2.24, 2.45) is 18.9 Å². The molecule has 0 aliphatic carbocycles. The molecule has 1 aliphatic heterocycles. The first-order chi connectivity index (χ1) is 12.9. The lowest BCUT2D eigenvalue weighted by molar-refractivity contribution is 0.0625. The molecule has 2 aromatic heterocycles. The highest BCUT2D eigenvalue weighted by Crippen LogP contribution is 2.29. The molecule has 3 heterocycles. The van der Waals surface area contributed by atoms with Gasteiger partial charge in [0.2, 0.25) is 0 Å². The maximum Gasteiger partial charge on any atom is 0.254 e. The van der Waals surface area contributed by atoms with Crippen LogP contribution in [-0.2, 0) is 7.05 Å². The minimum Gasteiger partial charge on any atom is -0.338 e. The number of nitrogens with zero attached hydrogens (tertiary/aromatic N) is 4. The van der Waals surface area contributed by atoms with E-state index in [4.69, 9.17) is 4.98 Å². The van der Waals surface area contributed by atoms with Gasteiger partial charge in [0, 0.05) is 25.7 Å². The minimum atomic E-state index is 0.0917. The molecule has 27 heavy (non-hydrogen) atoms. The van der Waals surface area contributed by atoms with Crippen LogP contribution < -0.4 is 0 Å². The molecule has 0 saturated carbocycles. The highest BCUT2D eigenvalue weighted by molar-refractivity contribution is 6.07. The maximum absolute atomic E-state index is 13.5. The van der Waals surface area contributed by atoms with Crippen molar-refractivity contribution in [2.45, 2.75) is 27.2 Å². The molecular formula is C22H26N4O. The first-order valence-corrected chi connectivity index (χ1v) is 9.63. The van der Waals surface area contributed by atoms with Crippen LogP contribution in [0.4, 0.5) is 0 Å². The fourth-order valence-corrected chi connectivity index (χ4v) is 4.37. The Hall–Kier alpha value is -2.69. The number of likely N-dealkylation sites (tertiary alicyclic amines) is 1. The second-order valence-corrected chi connectivity index (χ2v) is 7.98. The van der Waals surface area contributed by atoms with Crippen molar-refractivity contribution < 1.29 is 4.79 Å². The molecule has 1 amide bonds. The van der Waals surface area contributed by atoms with E-state index in [2.05, 4.69) is 18.9 Å². The monoisotopic (exact) mass is 362 g/mol. The Bertz CT molecular complexity index is 982. The molecule has 1 fully saturated rings. The van der Waals surface area contributed by atoms with Crippen LogP contribution in [0.15, 0.2) is 36.4 Å². The summed E-state index contributed by atoms with van der Waals surface area (Å²) in [6.07, 6.45) is 1.18. The number of hydrogen-bond donors (Lipinski definition) is 0. The number of piperidine rings is 1. The van der Waals surface area contributed by atoms with E-state index in [-0.39, 0.29) is 5.91 Å². The molecule has 0 spiro atoms. The standard InChI is InChI=1S/C22H26N4O/c1-14-10-15(2)13-26(12-14)22(27)18-11-19(17-8-6-5-7-9-17)23-21-20(18)16(3)24-25(21)4/h5-9,11,14-15H,10,12-13H2,1-4H3/t14-,15+. The van der Waals surface area contributed by atoms with Gasteiger partial charge in [-0.1, -0.05) is 44.2 Å². The van der Waals surface area contributed by atoms with Gasteiger partial charge in [-0.05, 0) is 31.2 Å². The van der Waals surface area contributed by atoms with Gasteiger partial charge in [-0.15, -0.1) is 0 Å². The molecule has 1 aromatic carbocycles. The summed E-state index contributed by atoms with van der Waals surface area (Å²) in [7, 11) is 1.89. The largest absolute Gasteiger partial charge is 0.338 e. The minimum absolute atomic E-state index is 0.0917. The number of aromatic nitrogens is 3.